The number of ether oxygens (including phenoxy) is 2. The van der Waals surface area contributed by atoms with Crippen LogP contribution in [0.3, 0.4) is 0 Å². The topological polar surface area (TPSA) is 96.0 Å². The van der Waals surface area contributed by atoms with E-state index in [4.69, 9.17) is 9.47 Å². The fourth-order valence-electron chi connectivity index (χ4n) is 4.79. The van der Waals surface area contributed by atoms with Crippen molar-refractivity contribution in [2.45, 2.75) is 58.5 Å². The second-order valence-electron chi connectivity index (χ2n) is 9.65. The van der Waals surface area contributed by atoms with Crippen LogP contribution in [-0.4, -0.2) is 79.8 Å². The average molecular weight is 516 g/mol. The number of benzene rings is 1. The zero-order chi connectivity index (χ0) is 25.7. The third-order valence-electron chi connectivity index (χ3n) is 6.49. The highest BCUT2D eigenvalue weighted by atomic mass is 32.1. The maximum absolute atomic E-state index is 13.1. The van der Waals surface area contributed by atoms with Gasteiger partial charge in [-0.05, 0) is 44.4 Å². The molecule has 2 N–H and O–H groups in total. The number of carbonyl (C=O) groups is 2. The predicted molar refractivity (Wildman–Crippen MR) is 142 cm³/mol. The molecule has 0 aliphatic carbocycles. The molecule has 9 nitrogen and oxygen atoms in total. The highest BCUT2D eigenvalue weighted by molar-refractivity contribution is 7.14. The fraction of sp³-hybridized carbons (Fsp3) is 0.577. The first-order chi connectivity index (χ1) is 17.4. The number of anilines is 2. The van der Waals surface area contributed by atoms with Crippen molar-refractivity contribution in [1.82, 2.24) is 15.2 Å². The SMILES string of the molecule is CCCNC(=O)c1cc(CN2C[C@@H](C)O[C@@H](C)C2)ccc1NC(=O)c1csc(N2CC[C@H](OC)C2)n1. The van der Waals surface area contributed by atoms with E-state index < -0.39 is 0 Å². The number of methoxy groups -OCH3 is 1. The van der Waals surface area contributed by atoms with E-state index in [0.717, 1.165) is 49.7 Å². The number of hydrogen-bond acceptors (Lipinski definition) is 8. The van der Waals surface area contributed by atoms with Crippen molar-refractivity contribution in [2.24, 2.45) is 0 Å². The molecule has 3 heterocycles. The summed E-state index contributed by atoms with van der Waals surface area (Å²) in [5.41, 5.74) is 2.31. The summed E-state index contributed by atoms with van der Waals surface area (Å²) in [5, 5.41) is 8.43. The summed E-state index contributed by atoms with van der Waals surface area (Å²) in [6.45, 7) is 10.8. The molecule has 1 aromatic carbocycles. The minimum Gasteiger partial charge on any atom is -0.380 e. The molecule has 196 valence electrons. The molecule has 0 bridgehead atoms. The monoisotopic (exact) mass is 515 g/mol. The van der Waals surface area contributed by atoms with E-state index >= 15 is 0 Å². The highest BCUT2D eigenvalue weighted by Crippen LogP contribution is 2.27. The zero-order valence-electron chi connectivity index (χ0n) is 21.6. The number of nitrogens with one attached hydrogen (secondary N) is 2. The van der Waals surface area contributed by atoms with E-state index in [2.05, 4.69) is 39.3 Å². The lowest BCUT2D eigenvalue weighted by Gasteiger charge is -2.35. The number of carbonyl (C=O) groups excluding carboxylic acids is 2. The molecule has 2 fully saturated rings. The second-order valence-corrected chi connectivity index (χ2v) is 10.5. The molecular weight excluding hydrogens is 478 g/mol. The number of amides is 2. The van der Waals surface area contributed by atoms with Crippen LogP contribution in [0.4, 0.5) is 10.8 Å². The molecule has 2 saturated heterocycles. The smallest absolute Gasteiger partial charge is 0.275 e. The molecule has 0 radical (unpaired) electrons. The minimum atomic E-state index is -0.326. The molecule has 2 aromatic rings. The van der Waals surface area contributed by atoms with Gasteiger partial charge in [0.25, 0.3) is 11.8 Å². The van der Waals surface area contributed by atoms with Gasteiger partial charge in [-0.15, -0.1) is 11.3 Å². The molecule has 0 saturated carbocycles. The summed E-state index contributed by atoms with van der Waals surface area (Å²) in [7, 11) is 1.72. The van der Waals surface area contributed by atoms with Gasteiger partial charge in [0, 0.05) is 51.8 Å². The normalized spacial score (nSPS) is 22.6. The summed E-state index contributed by atoms with van der Waals surface area (Å²) in [6.07, 6.45) is 2.31. The number of morpholine rings is 1. The summed E-state index contributed by atoms with van der Waals surface area (Å²) in [6, 6.07) is 5.67. The van der Waals surface area contributed by atoms with Gasteiger partial charge in [-0.25, -0.2) is 4.98 Å². The van der Waals surface area contributed by atoms with E-state index in [0.29, 0.717) is 30.0 Å². The van der Waals surface area contributed by atoms with Gasteiger partial charge >= 0.3 is 0 Å². The lowest BCUT2D eigenvalue weighted by Crippen LogP contribution is -2.44. The molecule has 10 heteroatoms. The summed E-state index contributed by atoms with van der Waals surface area (Å²) < 4.78 is 11.3. The zero-order valence-corrected chi connectivity index (χ0v) is 22.4. The van der Waals surface area contributed by atoms with Crippen LogP contribution in [0.15, 0.2) is 23.6 Å². The lowest BCUT2D eigenvalue weighted by molar-refractivity contribution is -0.0704. The molecule has 0 unspecified atom stereocenters. The Morgan fingerprint density at radius 1 is 1.19 bits per heavy atom. The average Bonchev–Trinajstić information content (AvgIpc) is 3.52. The van der Waals surface area contributed by atoms with Gasteiger partial charge in [-0.1, -0.05) is 13.0 Å². The Morgan fingerprint density at radius 3 is 2.67 bits per heavy atom. The Morgan fingerprint density at radius 2 is 1.97 bits per heavy atom. The van der Waals surface area contributed by atoms with E-state index in [9.17, 15) is 9.59 Å². The molecule has 1 aromatic heterocycles. The first-order valence-corrected chi connectivity index (χ1v) is 13.6. The summed E-state index contributed by atoms with van der Waals surface area (Å²) in [5.74, 6) is -0.521. The number of thiazole rings is 1. The van der Waals surface area contributed by atoms with Crippen LogP contribution in [0.25, 0.3) is 0 Å². The Kier molecular flexibility index (Phi) is 8.95. The van der Waals surface area contributed by atoms with Crippen molar-refractivity contribution < 1.29 is 19.1 Å². The molecule has 2 aliphatic rings. The lowest BCUT2D eigenvalue weighted by atomic mass is 10.1. The molecule has 2 aliphatic heterocycles. The first kappa shape index (κ1) is 26.5. The first-order valence-electron chi connectivity index (χ1n) is 12.7. The molecular formula is C26H37N5O4S. The van der Waals surface area contributed by atoms with Gasteiger partial charge in [0.05, 0.1) is 29.6 Å². The van der Waals surface area contributed by atoms with E-state index in [1.807, 2.05) is 25.1 Å². The Bertz CT molecular complexity index is 1050. The molecule has 36 heavy (non-hydrogen) atoms. The van der Waals surface area contributed by atoms with Gasteiger partial charge in [-0.3, -0.25) is 14.5 Å². The Labute approximate surface area is 217 Å². The van der Waals surface area contributed by atoms with E-state index in [1.54, 1.807) is 12.5 Å². The van der Waals surface area contributed by atoms with Crippen molar-refractivity contribution >= 4 is 34.0 Å². The summed E-state index contributed by atoms with van der Waals surface area (Å²) in [4.78, 5) is 35.1. The standard InChI is InChI=1S/C26H37N5O4S/c1-5-9-27-24(32)21-11-19(14-30-12-17(2)35-18(3)13-30)6-7-22(21)28-25(33)23-16-36-26(29-23)31-10-8-20(15-31)34-4/h6-7,11,16-18,20H,5,8-10,12-15H2,1-4H3,(H,27,32)(H,28,33)/t17-,18+,20-/m0/s1. The third kappa shape index (κ3) is 6.61. The quantitative estimate of drug-likeness (QED) is 0.529. The van der Waals surface area contributed by atoms with Crippen LogP contribution in [-0.2, 0) is 16.0 Å². The number of nitrogens with zero attached hydrogens (tertiary/aromatic N) is 3. The van der Waals surface area contributed by atoms with Gasteiger partial charge in [0.2, 0.25) is 0 Å². The number of hydrogen-bond donors (Lipinski definition) is 2. The van der Waals surface area contributed by atoms with Crippen molar-refractivity contribution in [3.05, 3.63) is 40.4 Å². The van der Waals surface area contributed by atoms with Gasteiger partial charge < -0.3 is 25.0 Å². The summed E-state index contributed by atoms with van der Waals surface area (Å²) >= 11 is 1.45. The van der Waals surface area contributed by atoms with Gasteiger partial charge in [0.1, 0.15) is 5.69 Å². The molecule has 4 rings (SSSR count). The maximum atomic E-state index is 13.1. The molecule has 3 atom stereocenters. The van der Waals surface area contributed by atoms with Crippen LogP contribution in [0.5, 0.6) is 0 Å². The Hall–Kier alpha value is -2.53. The number of aromatic nitrogens is 1. The van der Waals surface area contributed by atoms with Crippen molar-refractivity contribution in [1.29, 1.82) is 0 Å². The maximum Gasteiger partial charge on any atom is 0.275 e. The van der Waals surface area contributed by atoms with Crippen LogP contribution >= 0.6 is 11.3 Å². The van der Waals surface area contributed by atoms with Crippen LogP contribution < -0.4 is 15.5 Å². The van der Waals surface area contributed by atoms with Crippen molar-refractivity contribution in [3.8, 4) is 0 Å². The number of rotatable bonds is 9. The van der Waals surface area contributed by atoms with Gasteiger partial charge in [0.15, 0.2) is 5.13 Å². The van der Waals surface area contributed by atoms with Crippen LogP contribution in [0.2, 0.25) is 0 Å². The highest BCUT2D eigenvalue weighted by Gasteiger charge is 2.26. The third-order valence-corrected chi connectivity index (χ3v) is 7.39. The second kappa shape index (κ2) is 12.1. The Balaban J connectivity index is 1.49. The minimum absolute atomic E-state index is 0.170. The van der Waals surface area contributed by atoms with Crippen LogP contribution in [0, 0.1) is 0 Å². The molecule has 2 amide bonds. The predicted octanol–water partition coefficient (Wildman–Crippen LogP) is 3.37. The van der Waals surface area contributed by atoms with Crippen LogP contribution in [0.1, 0.15) is 60.0 Å². The van der Waals surface area contributed by atoms with Crippen molar-refractivity contribution in [3.63, 3.8) is 0 Å². The fourth-order valence-corrected chi connectivity index (χ4v) is 5.63. The van der Waals surface area contributed by atoms with E-state index in [-0.39, 0.29) is 30.1 Å². The largest absolute Gasteiger partial charge is 0.380 e. The van der Waals surface area contributed by atoms with Gasteiger partial charge in [-0.2, -0.15) is 0 Å². The molecule has 0 spiro atoms. The van der Waals surface area contributed by atoms with Crippen molar-refractivity contribution in [2.75, 3.05) is 50.1 Å². The van der Waals surface area contributed by atoms with E-state index in [1.165, 1.54) is 11.3 Å².